The molecule has 0 bridgehead atoms. The highest BCUT2D eigenvalue weighted by atomic mass is 16.5. The second kappa shape index (κ2) is 4.66. The molecule has 16 heavy (non-hydrogen) atoms. The fraction of sp³-hybridized carbons (Fsp3) is 1.00. The van der Waals surface area contributed by atoms with Crippen LogP contribution in [-0.4, -0.2) is 18.4 Å². The molecule has 1 N–H and O–H groups in total. The van der Waals surface area contributed by atoms with Gasteiger partial charge in [0.15, 0.2) is 0 Å². The van der Waals surface area contributed by atoms with Crippen molar-refractivity contribution >= 4 is 0 Å². The van der Waals surface area contributed by atoms with E-state index in [9.17, 15) is 0 Å². The zero-order valence-electron chi connectivity index (χ0n) is 10.3. The van der Waals surface area contributed by atoms with Gasteiger partial charge in [0.25, 0.3) is 0 Å². The van der Waals surface area contributed by atoms with Gasteiger partial charge in [0.1, 0.15) is 5.72 Å². The van der Waals surface area contributed by atoms with E-state index < -0.39 is 0 Å². The minimum absolute atomic E-state index is 0.0753. The highest BCUT2D eigenvalue weighted by Crippen LogP contribution is 2.39. The van der Waals surface area contributed by atoms with Crippen LogP contribution in [0.3, 0.4) is 0 Å². The van der Waals surface area contributed by atoms with Gasteiger partial charge < -0.3 is 4.74 Å². The van der Waals surface area contributed by atoms with E-state index in [-0.39, 0.29) is 5.72 Å². The Morgan fingerprint density at radius 3 is 2.25 bits per heavy atom. The van der Waals surface area contributed by atoms with Crippen molar-refractivity contribution in [3.8, 4) is 0 Å². The van der Waals surface area contributed by atoms with Crippen LogP contribution in [0.2, 0.25) is 0 Å². The van der Waals surface area contributed by atoms with Crippen LogP contribution in [0.1, 0.15) is 64.2 Å². The number of hydrogen-bond donors (Lipinski definition) is 1. The van der Waals surface area contributed by atoms with Gasteiger partial charge in [0.2, 0.25) is 0 Å². The van der Waals surface area contributed by atoms with Gasteiger partial charge >= 0.3 is 0 Å². The summed E-state index contributed by atoms with van der Waals surface area (Å²) in [4.78, 5) is 0. The van der Waals surface area contributed by atoms with Crippen molar-refractivity contribution in [2.24, 2.45) is 5.92 Å². The van der Waals surface area contributed by atoms with E-state index in [1.165, 1.54) is 64.2 Å². The van der Waals surface area contributed by atoms with Crippen LogP contribution in [0.15, 0.2) is 0 Å². The van der Waals surface area contributed by atoms with Crippen LogP contribution in [0, 0.1) is 5.92 Å². The number of nitrogens with one attached hydrogen (secondary N) is 1. The van der Waals surface area contributed by atoms with Crippen molar-refractivity contribution in [2.45, 2.75) is 76.0 Å². The summed E-state index contributed by atoms with van der Waals surface area (Å²) in [7, 11) is 0. The molecule has 3 fully saturated rings. The Balaban J connectivity index is 1.63. The molecule has 3 aliphatic rings. The van der Waals surface area contributed by atoms with Crippen LogP contribution in [0.5, 0.6) is 0 Å². The van der Waals surface area contributed by atoms with Crippen molar-refractivity contribution in [1.82, 2.24) is 5.32 Å². The van der Waals surface area contributed by atoms with Gasteiger partial charge in [-0.15, -0.1) is 0 Å². The average molecular weight is 223 g/mol. The molecule has 0 aromatic rings. The van der Waals surface area contributed by atoms with Crippen molar-refractivity contribution in [3.05, 3.63) is 0 Å². The summed E-state index contributed by atoms with van der Waals surface area (Å²) in [5.41, 5.74) is 0.0753. The van der Waals surface area contributed by atoms with Crippen molar-refractivity contribution in [1.29, 1.82) is 0 Å². The summed E-state index contributed by atoms with van der Waals surface area (Å²) in [6, 6.07) is 0.771. The Morgan fingerprint density at radius 1 is 0.875 bits per heavy atom. The zero-order valence-corrected chi connectivity index (χ0v) is 10.3. The Labute approximate surface area is 99.1 Å². The molecule has 2 aliphatic carbocycles. The molecule has 1 aliphatic heterocycles. The van der Waals surface area contributed by atoms with E-state index in [4.69, 9.17) is 4.74 Å². The maximum absolute atomic E-state index is 6.14. The molecule has 2 nitrogen and oxygen atoms in total. The molecule has 1 unspecified atom stereocenters. The smallest absolute Gasteiger partial charge is 0.119 e. The third kappa shape index (κ3) is 2.43. The largest absolute Gasteiger partial charge is 0.361 e. The lowest BCUT2D eigenvalue weighted by atomic mass is 9.90. The third-order valence-electron chi connectivity index (χ3n) is 4.61. The van der Waals surface area contributed by atoms with Gasteiger partial charge in [-0.25, -0.2) is 0 Å². The summed E-state index contributed by atoms with van der Waals surface area (Å²) in [6.45, 7) is 0.994. The van der Waals surface area contributed by atoms with Crippen molar-refractivity contribution < 1.29 is 4.74 Å². The normalized spacial score (nSPS) is 35.6. The molecular formula is C14H25NO. The van der Waals surface area contributed by atoms with E-state index in [1.807, 2.05) is 0 Å². The van der Waals surface area contributed by atoms with E-state index >= 15 is 0 Å². The first-order valence-electron chi connectivity index (χ1n) is 7.30. The van der Waals surface area contributed by atoms with Crippen LogP contribution in [0.25, 0.3) is 0 Å². The Kier molecular flexibility index (Phi) is 3.21. The maximum atomic E-state index is 6.14. The maximum Gasteiger partial charge on any atom is 0.119 e. The van der Waals surface area contributed by atoms with E-state index in [0.717, 1.165) is 18.6 Å². The SMILES string of the molecule is C1CCCC2(CCC1)NC(C1CC1)CCO2. The molecule has 1 heterocycles. The molecule has 0 aromatic heterocycles. The van der Waals surface area contributed by atoms with E-state index in [0.29, 0.717) is 0 Å². The second-order valence-corrected chi connectivity index (χ2v) is 5.99. The minimum atomic E-state index is 0.0753. The minimum Gasteiger partial charge on any atom is -0.361 e. The lowest BCUT2D eigenvalue weighted by molar-refractivity contribution is -0.126. The fourth-order valence-electron chi connectivity index (χ4n) is 3.45. The zero-order chi connectivity index (χ0) is 10.8. The quantitative estimate of drug-likeness (QED) is 0.737. The fourth-order valence-corrected chi connectivity index (χ4v) is 3.45. The van der Waals surface area contributed by atoms with Crippen LogP contribution < -0.4 is 5.32 Å². The van der Waals surface area contributed by atoms with Crippen LogP contribution in [-0.2, 0) is 4.74 Å². The Morgan fingerprint density at radius 2 is 1.56 bits per heavy atom. The van der Waals surface area contributed by atoms with E-state index in [1.54, 1.807) is 0 Å². The number of hydrogen-bond acceptors (Lipinski definition) is 2. The molecule has 1 atom stereocenters. The predicted molar refractivity (Wildman–Crippen MR) is 65.3 cm³/mol. The molecule has 3 rings (SSSR count). The molecule has 1 spiro atoms. The Bertz CT molecular complexity index is 229. The lowest BCUT2D eigenvalue weighted by Gasteiger charge is -2.43. The van der Waals surface area contributed by atoms with Crippen molar-refractivity contribution in [2.75, 3.05) is 6.61 Å². The Hall–Kier alpha value is -0.0800. The summed E-state index contributed by atoms with van der Waals surface area (Å²) in [5.74, 6) is 0.978. The highest BCUT2D eigenvalue weighted by molar-refractivity contribution is 4.94. The number of ether oxygens (including phenoxy) is 1. The van der Waals surface area contributed by atoms with Crippen LogP contribution in [0.4, 0.5) is 0 Å². The summed E-state index contributed by atoms with van der Waals surface area (Å²) >= 11 is 0. The molecule has 0 amide bonds. The predicted octanol–water partition coefficient (Wildman–Crippen LogP) is 3.22. The summed E-state index contributed by atoms with van der Waals surface area (Å²) < 4.78 is 6.14. The van der Waals surface area contributed by atoms with Gasteiger partial charge in [0.05, 0.1) is 6.61 Å². The number of rotatable bonds is 1. The highest BCUT2D eigenvalue weighted by Gasteiger charge is 2.41. The first kappa shape index (κ1) is 11.0. The summed E-state index contributed by atoms with van der Waals surface area (Å²) in [6.07, 6.45) is 13.6. The first-order chi connectivity index (χ1) is 7.88. The molecule has 0 aromatic carbocycles. The molecule has 2 heteroatoms. The van der Waals surface area contributed by atoms with Crippen LogP contribution >= 0.6 is 0 Å². The van der Waals surface area contributed by atoms with Gasteiger partial charge in [0, 0.05) is 6.04 Å². The molecule has 0 radical (unpaired) electrons. The second-order valence-electron chi connectivity index (χ2n) is 5.99. The van der Waals surface area contributed by atoms with Gasteiger partial charge in [-0.3, -0.25) is 5.32 Å². The molecule has 1 saturated heterocycles. The summed E-state index contributed by atoms with van der Waals surface area (Å²) in [5, 5.41) is 3.88. The van der Waals surface area contributed by atoms with E-state index in [2.05, 4.69) is 5.32 Å². The topological polar surface area (TPSA) is 21.3 Å². The molecule has 2 saturated carbocycles. The standard InChI is InChI=1S/C14H25NO/c1-2-4-9-14(10-5-3-1)15-13(8-11-16-14)12-6-7-12/h12-13,15H,1-11H2. The van der Waals surface area contributed by atoms with Gasteiger partial charge in [-0.05, 0) is 50.9 Å². The van der Waals surface area contributed by atoms with Gasteiger partial charge in [-0.2, -0.15) is 0 Å². The van der Waals surface area contributed by atoms with Crippen molar-refractivity contribution in [3.63, 3.8) is 0 Å². The molecule has 92 valence electrons. The monoisotopic (exact) mass is 223 g/mol. The molecular weight excluding hydrogens is 198 g/mol. The van der Waals surface area contributed by atoms with Gasteiger partial charge in [-0.1, -0.05) is 19.3 Å². The first-order valence-corrected chi connectivity index (χ1v) is 7.30. The third-order valence-corrected chi connectivity index (χ3v) is 4.61. The lowest BCUT2D eigenvalue weighted by Crippen LogP contribution is -2.57. The average Bonchev–Trinajstić information content (AvgIpc) is 3.08.